The molecule has 1 atom stereocenters. The van der Waals surface area contributed by atoms with Crippen LogP contribution >= 0.6 is 11.6 Å². The summed E-state index contributed by atoms with van der Waals surface area (Å²) in [5.41, 5.74) is 5.35. The predicted octanol–water partition coefficient (Wildman–Crippen LogP) is 0.505. The molecule has 0 aliphatic rings. The van der Waals surface area contributed by atoms with Gasteiger partial charge in [0.15, 0.2) is 5.82 Å². The van der Waals surface area contributed by atoms with Gasteiger partial charge in [0.2, 0.25) is 5.95 Å². The van der Waals surface area contributed by atoms with Gasteiger partial charge in [-0.2, -0.15) is 4.98 Å². The third kappa shape index (κ3) is 3.04. The zero-order valence-electron chi connectivity index (χ0n) is 7.16. The Morgan fingerprint density at radius 1 is 1.77 bits per heavy atom. The Bertz CT molecular complexity index is 292. The van der Waals surface area contributed by atoms with E-state index in [9.17, 15) is 0 Å². The Morgan fingerprint density at radius 3 is 3.08 bits per heavy atom. The Balaban J connectivity index is 2.70. The number of aliphatic hydroxyl groups excluding tert-OH is 1. The van der Waals surface area contributed by atoms with Crippen LogP contribution in [0.2, 0.25) is 5.02 Å². The summed E-state index contributed by atoms with van der Waals surface area (Å²) in [6, 6.07) is 0. The van der Waals surface area contributed by atoms with E-state index in [0.717, 1.165) is 0 Å². The minimum Gasteiger partial charge on any atom is -0.392 e. The highest BCUT2D eigenvalue weighted by molar-refractivity contribution is 6.32. The van der Waals surface area contributed by atoms with Gasteiger partial charge in [0.05, 0.1) is 12.3 Å². The van der Waals surface area contributed by atoms with Crippen LogP contribution in [-0.4, -0.2) is 27.7 Å². The molecule has 6 heteroatoms. The van der Waals surface area contributed by atoms with Crippen molar-refractivity contribution in [1.82, 2.24) is 9.97 Å². The van der Waals surface area contributed by atoms with Crippen LogP contribution in [0.15, 0.2) is 6.20 Å². The van der Waals surface area contributed by atoms with Gasteiger partial charge in [-0.25, -0.2) is 4.98 Å². The van der Waals surface area contributed by atoms with Crippen LogP contribution in [0.5, 0.6) is 0 Å². The third-order valence-electron chi connectivity index (χ3n) is 1.33. The molecule has 0 spiro atoms. The van der Waals surface area contributed by atoms with Gasteiger partial charge >= 0.3 is 0 Å². The molecule has 1 rings (SSSR count). The lowest BCUT2D eigenvalue weighted by Gasteiger charge is -2.08. The number of nitrogen functional groups attached to an aromatic ring is 1. The van der Waals surface area contributed by atoms with Crippen molar-refractivity contribution in [2.45, 2.75) is 13.0 Å². The molecule has 0 aliphatic carbocycles. The summed E-state index contributed by atoms with van der Waals surface area (Å²) in [6.45, 7) is 2.03. The van der Waals surface area contributed by atoms with Gasteiger partial charge in [-0.05, 0) is 6.92 Å². The predicted molar refractivity (Wildman–Crippen MR) is 51.6 cm³/mol. The number of aromatic nitrogens is 2. The Morgan fingerprint density at radius 2 is 2.46 bits per heavy atom. The largest absolute Gasteiger partial charge is 0.392 e. The van der Waals surface area contributed by atoms with Crippen LogP contribution in [-0.2, 0) is 0 Å². The Kier molecular flexibility index (Phi) is 3.27. The van der Waals surface area contributed by atoms with Gasteiger partial charge in [0, 0.05) is 6.54 Å². The first-order chi connectivity index (χ1) is 6.09. The molecule has 5 nitrogen and oxygen atoms in total. The smallest absolute Gasteiger partial charge is 0.222 e. The number of aliphatic hydroxyl groups is 1. The van der Waals surface area contributed by atoms with Crippen LogP contribution < -0.4 is 11.1 Å². The standard InChI is InChI=1S/C7H11ClN4O/c1-4(13)2-10-6-5(8)3-11-7(9)12-6/h3-4,13H,2H2,1H3,(H3,9,10,11,12). The molecule has 1 aromatic heterocycles. The zero-order valence-corrected chi connectivity index (χ0v) is 7.91. The number of nitrogens with two attached hydrogens (primary N) is 1. The summed E-state index contributed by atoms with van der Waals surface area (Å²) in [5.74, 6) is 0.590. The molecule has 0 aromatic carbocycles. The molecule has 0 saturated carbocycles. The van der Waals surface area contributed by atoms with E-state index in [1.54, 1.807) is 6.92 Å². The van der Waals surface area contributed by atoms with Gasteiger partial charge in [-0.1, -0.05) is 11.6 Å². The number of anilines is 2. The van der Waals surface area contributed by atoms with E-state index in [1.807, 2.05) is 0 Å². The summed E-state index contributed by atoms with van der Waals surface area (Å²) in [6.07, 6.45) is 0.945. The van der Waals surface area contributed by atoms with Gasteiger partial charge < -0.3 is 16.2 Å². The van der Waals surface area contributed by atoms with Crippen molar-refractivity contribution in [3.8, 4) is 0 Å². The topological polar surface area (TPSA) is 84.1 Å². The van der Waals surface area contributed by atoms with Crippen molar-refractivity contribution < 1.29 is 5.11 Å². The highest BCUT2D eigenvalue weighted by Gasteiger charge is 2.03. The minimum absolute atomic E-state index is 0.150. The van der Waals surface area contributed by atoms with Crippen LogP contribution in [0.4, 0.5) is 11.8 Å². The quantitative estimate of drug-likeness (QED) is 0.665. The summed E-state index contributed by atoms with van der Waals surface area (Å²) in [4.78, 5) is 7.56. The average molecular weight is 203 g/mol. The minimum atomic E-state index is -0.466. The first-order valence-electron chi connectivity index (χ1n) is 3.79. The number of nitrogens with zero attached hydrogens (tertiary/aromatic N) is 2. The van der Waals surface area contributed by atoms with Crippen molar-refractivity contribution >= 4 is 23.4 Å². The summed E-state index contributed by atoms with van der Waals surface area (Å²) in [5, 5.41) is 12.2. The van der Waals surface area contributed by atoms with Crippen LogP contribution in [0.25, 0.3) is 0 Å². The van der Waals surface area contributed by atoms with Gasteiger partial charge in [0.1, 0.15) is 5.02 Å². The molecule has 0 fully saturated rings. The maximum Gasteiger partial charge on any atom is 0.222 e. The molecule has 1 aromatic rings. The molecular formula is C7H11ClN4O. The molecule has 1 heterocycles. The van der Waals surface area contributed by atoms with Crippen molar-refractivity contribution in [2.24, 2.45) is 0 Å². The molecule has 13 heavy (non-hydrogen) atoms. The summed E-state index contributed by atoms with van der Waals surface area (Å²) < 4.78 is 0. The maximum absolute atomic E-state index is 8.99. The van der Waals surface area contributed by atoms with E-state index < -0.39 is 6.10 Å². The SMILES string of the molecule is CC(O)CNc1nc(N)ncc1Cl. The molecule has 1 unspecified atom stereocenters. The van der Waals surface area contributed by atoms with E-state index in [4.69, 9.17) is 22.4 Å². The molecule has 0 radical (unpaired) electrons. The van der Waals surface area contributed by atoms with Crippen molar-refractivity contribution in [3.63, 3.8) is 0 Å². The number of hydrogen-bond acceptors (Lipinski definition) is 5. The first-order valence-corrected chi connectivity index (χ1v) is 4.17. The number of rotatable bonds is 3. The van der Waals surface area contributed by atoms with Crippen LogP contribution in [0.3, 0.4) is 0 Å². The molecule has 0 amide bonds. The molecule has 0 bridgehead atoms. The monoisotopic (exact) mass is 202 g/mol. The fraction of sp³-hybridized carbons (Fsp3) is 0.429. The number of nitrogens with one attached hydrogen (secondary N) is 1. The van der Waals surface area contributed by atoms with Gasteiger partial charge in [-0.15, -0.1) is 0 Å². The maximum atomic E-state index is 8.99. The number of hydrogen-bond donors (Lipinski definition) is 3. The second-order valence-electron chi connectivity index (χ2n) is 2.65. The molecule has 4 N–H and O–H groups in total. The first kappa shape index (κ1) is 10.0. The Labute approximate surface area is 81.0 Å². The van der Waals surface area contributed by atoms with E-state index in [0.29, 0.717) is 17.4 Å². The fourth-order valence-corrected chi connectivity index (χ4v) is 0.907. The van der Waals surface area contributed by atoms with Crippen LogP contribution in [0.1, 0.15) is 6.92 Å². The second kappa shape index (κ2) is 4.25. The summed E-state index contributed by atoms with van der Waals surface area (Å²) >= 11 is 5.75. The fourth-order valence-electron chi connectivity index (χ4n) is 0.749. The molecule has 0 saturated heterocycles. The van der Waals surface area contributed by atoms with Crippen molar-refractivity contribution in [2.75, 3.05) is 17.6 Å². The highest BCUT2D eigenvalue weighted by atomic mass is 35.5. The van der Waals surface area contributed by atoms with E-state index in [1.165, 1.54) is 6.20 Å². The molecular weight excluding hydrogens is 192 g/mol. The lowest BCUT2D eigenvalue weighted by Crippen LogP contribution is -2.16. The van der Waals surface area contributed by atoms with E-state index in [-0.39, 0.29) is 5.95 Å². The third-order valence-corrected chi connectivity index (χ3v) is 1.60. The normalized spacial score (nSPS) is 12.5. The second-order valence-corrected chi connectivity index (χ2v) is 3.06. The van der Waals surface area contributed by atoms with Gasteiger partial charge in [0.25, 0.3) is 0 Å². The van der Waals surface area contributed by atoms with E-state index >= 15 is 0 Å². The van der Waals surface area contributed by atoms with Gasteiger partial charge in [-0.3, -0.25) is 0 Å². The number of halogens is 1. The zero-order chi connectivity index (χ0) is 9.84. The lowest BCUT2D eigenvalue weighted by molar-refractivity contribution is 0.208. The highest BCUT2D eigenvalue weighted by Crippen LogP contribution is 2.17. The van der Waals surface area contributed by atoms with E-state index in [2.05, 4.69) is 15.3 Å². The van der Waals surface area contributed by atoms with Crippen LogP contribution in [0, 0.1) is 0 Å². The average Bonchev–Trinajstić information content (AvgIpc) is 2.06. The van der Waals surface area contributed by atoms with Crippen molar-refractivity contribution in [1.29, 1.82) is 0 Å². The molecule has 0 aliphatic heterocycles. The Hall–Kier alpha value is -1.07. The summed E-state index contributed by atoms with van der Waals surface area (Å²) in [7, 11) is 0. The molecule has 72 valence electrons. The lowest BCUT2D eigenvalue weighted by atomic mass is 10.4. The van der Waals surface area contributed by atoms with Crippen molar-refractivity contribution in [3.05, 3.63) is 11.2 Å².